The molecule has 518 valence electrons. The van der Waals surface area contributed by atoms with Crippen LogP contribution in [0.2, 0.25) is 5.02 Å². The number of piperidine rings is 2. The minimum atomic E-state index is -5.33. The van der Waals surface area contributed by atoms with Gasteiger partial charge in [-0.1, -0.05) is 11.6 Å². The number of hydrogen-bond donors (Lipinski definition) is 4. The van der Waals surface area contributed by atoms with E-state index in [1.54, 1.807) is 44.4 Å². The number of fused-ring (bicyclic) bond motifs is 2. The van der Waals surface area contributed by atoms with Crippen LogP contribution in [0.4, 0.5) is 45.2 Å². The fourth-order valence-electron chi connectivity index (χ4n) is 12.0. The highest BCUT2D eigenvalue weighted by atomic mass is 35.5. The summed E-state index contributed by atoms with van der Waals surface area (Å²) in [5.74, 6) is -5.24. The predicted molar refractivity (Wildman–Crippen MR) is 350 cm³/mol. The molecule has 3 saturated heterocycles. The van der Waals surface area contributed by atoms with Crippen molar-refractivity contribution < 1.29 is 60.1 Å². The summed E-state index contributed by atoms with van der Waals surface area (Å²) in [6.07, 6.45) is 1.96. The standard InChI is InChI=1S/C66H73ClF5N17O9/c1-38(45-30-40(32-73)6-11-46(45)68)79-55-52(67)39(2)78-49-31-47(69)53(82-54(49)55)42-33-76-63(77-34-42)88-24-22-87(23-25-88)51(91)37-97-29-28-96-27-26-85-18-14-65(15-19-85)16-20-86(21-17-65)50(90)13-12-48(60(94)98-64(3,4)5)81-58(92)41-7-9-44(10-8-41)89(61(95)66(70,71)72)36-43-35-75-57-56(80-43)59(93)84-62(74)83-57/h6-11,30-31,33-35,38,48H,12-29,36-37H2,1-5H3,(H,78,79)(H,81,92)(H3,74,75,83,84,93)/t38-,48+/m1/s1. The molecular weight excluding hydrogens is 1310 g/mol. The lowest BCUT2D eigenvalue weighted by atomic mass is 9.71. The Labute approximate surface area is 564 Å². The summed E-state index contributed by atoms with van der Waals surface area (Å²) in [5.41, 5.74) is 4.80. The van der Waals surface area contributed by atoms with Gasteiger partial charge in [-0.25, -0.2) is 43.5 Å². The molecular formula is C66H73ClF5N17O9. The zero-order valence-electron chi connectivity index (χ0n) is 54.5. The maximum absolute atomic E-state index is 15.7. The zero-order valence-corrected chi connectivity index (χ0v) is 55.2. The number of ether oxygens (including phenoxy) is 3. The number of nitrogens with two attached hydrogens (primary N) is 1. The molecule has 5 aromatic heterocycles. The van der Waals surface area contributed by atoms with Crippen molar-refractivity contribution in [3.63, 3.8) is 0 Å². The predicted octanol–water partition coefficient (Wildman–Crippen LogP) is 7.38. The number of benzene rings is 2. The molecule has 0 radical (unpaired) electrons. The number of halogens is 6. The number of aromatic amines is 1. The van der Waals surface area contributed by atoms with Crippen LogP contribution in [0.15, 0.2) is 71.9 Å². The number of H-pyrrole nitrogens is 1. The summed E-state index contributed by atoms with van der Waals surface area (Å²) in [7, 11) is 0. The molecule has 3 fully saturated rings. The molecule has 5 N–H and O–H groups in total. The number of carbonyl (C=O) groups is 5. The molecule has 0 bridgehead atoms. The highest BCUT2D eigenvalue weighted by molar-refractivity contribution is 6.35. The van der Waals surface area contributed by atoms with Crippen LogP contribution in [0.3, 0.4) is 0 Å². The van der Waals surface area contributed by atoms with Gasteiger partial charge in [-0.2, -0.15) is 23.4 Å². The van der Waals surface area contributed by atoms with Crippen molar-refractivity contribution in [3.8, 4) is 17.3 Å². The van der Waals surface area contributed by atoms with Crippen molar-refractivity contribution in [2.75, 3.05) is 106 Å². The van der Waals surface area contributed by atoms with Crippen molar-refractivity contribution in [3.05, 3.63) is 122 Å². The average Bonchev–Trinajstić information content (AvgIpc) is 0.777. The van der Waals surface area contributed by atoms with E-state index in [1.165, 1.54) is 48.8 Å². The van der Waals surface area contributed by atoms with Gasteiger partial charge in [0.25, 0.3) is 11.5 Å². The number of esters is 1. The third kappa shape index (κ3) is 17.4. The van der Waals surface area contributed by atoms with Crippen molar-refractivity contribution in [1.82, 2.24) is 59.9 Å². The molecule has 0 aliphatic carbocycles. The number of piperazine rings is 1. The van der Waals surface area contributed by atoms with Crippen molar-refractivity contribution >= 4 is 86.7 Å². The van der Waals surface area contributed by atoms with E-state index in [-0.39, 0.29) is 110 Å². The van der Waals surface area contributed by atoms with Crippen LogP contribution >= 0.6 is 11.6 Å². The van der Waals surface area contributed by atoms with Crippen LogP contribution in [0.5, 0.6) is 0 Å². The molecule has 2 aromatic carbocycles. The number of nitrogens with one attached hydrogen (secondary N) is 3. The van der Waals surface area contributed by atoms with Gasteiger partial charge in [0.05, 0.1) is 77.9 Å². The third-order valence-corrected chi connectivity index (χ3v) is 17.9. The zero-order chi connectivity index (χ0) is 70.2. The van der Waals surface area contributed by atoms with Crippen LogP contribution in [-0.2, 0) is 39.9 Å². The minimum Gasteiger partial charge on any atom is -0.458 e. The average molecular weight is 1380 g/mol. The molecule has 0 unspecified atom stereocenters. The molecule has 8 heterocycles. The highest BCUT2D eigenvalue weighted by Crippen LogP contribution is 2.42. The molecule has 3 aliphatic heterocycles. The van der Waals surface area contributed by atoms with Crippen LogP contribution in [0, 0.1) is 35.3 Å². The van der Waals surface area contributed by atoms with Gasteiger partial charge in [0.2, 0.25) is 23.7 Å². The number of nitriles is 1. The van der Waals surface area contributed by atoms with E-state index in [0.29, 0.717) is 80.3 Å². The van der Waals surface area contributed by atoms with E-state index in [4.69, 9.17) is 31.5 Å². The second-order valence-corrected chi connectivity index (χ2v) is 25.7. The first-order valence-electron chi connectivity index (χ1n) is 31.8. The highest BCUT2D eigenvalue weighted by Gasteiger charge is 2.44. The first-order valence-corrected chi connectivity index (χ1v) is 32.2. The summed E-state index contributed by atoms with van der Waals surface area (Å²) >= 11 is 6.72. The molecule has 26 nitrogen and oxygen atoms in total. The maximum Gasteiger partial charge on any atom is 0.471 e. The topological polar surface area (TPSA) is 326 Å². The Bertz CT molecular complexity index is 4210. The third-order valence-electron chi connectivity index (χ3n) is 17.4. The lowest BCUT2D eigenvalue weighted by molar-refractivity contribution is -0.170. The largest absolute Gasteiger partial charge is 0.471 e. The fraction of sp³-hybridized carbons (Fsp3) is 0.455. The van der Waals surface area contributed by atoms with Crippen LogP contribution in [0.1, 0.15) is 105 Å². The number of alkyl halides is 3. The molecule has 1 spiro atoms. The monoisotopic (exact) mass is 1380 g/mol. The minimum absolute atomic E-state index is 0.0495. The fourth-order valence-corrected chi connectivity index (χ4v) is 12.2. The number of amides is 4. The first-order chi connectivity index (χ1) is 46.6. The number of aromatic nitrogens is 8. The van der Waals surface area contributed by atoms with E-state index in [2.05, 4.69) is 55.4 Å². The lowest BCUT2D eigenvalue weighted by Gasteiger charge is -2.47. The van der Waals surface area contributed by atoms with Crippen LogP contribution < -0.4 is 31.7 Å². The molecule has 32 heteroatoms. The van der Waals surface area contributed by atoms with Gasteiger partial charge in [-0.05, 0) is 128 Å². The van der Waals surface area contributed by atoms with Crippen molar-refractivity contribution in [2.24, 2.45) is 5.41 Å². The van der Waals surface area contributed by atoms with Crippen molar-refractivity contribution in [2.45, 2.75) is 104 Å². The number of nitrogens with zero attached hydrogens (tertiary/aromatic N) is 13. The van der Waals surface area contributed by atoms with Gasteiger partial charge in [0.1, 0.15) is 35.3 Å². The van der Waals surface area contributed by atoms with Gasteiger partial charge in [0, 0.05) is 93.1 Å². The van der Waals surface area contributed by atoms with Crippen LogP contribution in [0.25, 0.3) is 33.5 Å². The normalized spacial score (nSPS) is 15.8. The van der Waals surface area contributed by atoms with Gasteiger partial charge in [-0.3, -0.25) is 33.9 Å². The second-order valence-electron chi connectivity index (χ2n) is 25.3. The Morgan fingerprint density at radius 2 is 1.49 bits per heavy atom. The van der Waals surface area contributed by atoms with Gasteiger partial charge < -0.3 is 50.2 Å². The van der Waals surface area contributed by atoms with Gasteiger partial charge in [0.15, 0.2) is 17.0 Å². The summed E-state index contributed by atoms with van der Waals surface area (Å²) in [6.45, 7) is 13.7. The van der Waals surface area contributed by atoms with Gasteiger partial charge in [-0.15, -0.1) is 0 Å². The molecule has 2 atom stereocenters. The number of anilines is 4. The number of nitrogen functional groups attached to an aromatic ring is 1. The Hall–Kier alpha value is -9.64. The number of pyridine rings is 2. The SMILES string of the molecule is Cc1nc2cc(F)c(-c3cnc(N4CCN(C(=O)COCCOCCN5CCC6(CC5)CCN(C(=O)CC[C@H](NC(=O)c5ccc(N(Cc7cnc8nc(N)[nH]c(=O)c8n7)C(=O)C(F)(F)F)cc5)C(=O)OC(C)(C)C)CC6)CC4)nc3)nc2c(N[C@H](C)c2cc(C#N)ccc2F)c1Cl. The molecule has 0 saturated carbocycles. The first kappa shape index (κ1) is 71.1. The summed E-state index contributed by atoms with van der Waals surface area (Å²) in [6, 6.07) is 9.93. The molecule has 3 aliphatic rings. The Balaban J connectivity index is 0.617. The van der Waals surface area contributed by atoms with Gasteiger partial charge >= 0.3 is 18.1 Å². The maximum atomic E-state index is 15.7. The molecule has 10 rings (SSSR count). The number of aryl methyl sites for hydroxylation is 1. The van der Waals surface area contributed by atoms with Crippen molar-refractivity contribution in [1.29, 1.82) is 5.26 Å². The van der Waals surface area contributed by atoms with E-state index in [9.17, 15) is 51.6 Å². The summed E-state index contributed by atoms with van der Waals surface area (Å²) in [4.78, 5) is 119. The smallest absolute Gasteiger partial charge is 0.458 e. The lowest BCUT2D eigenvalue weighted by Crippen LogP contribution is -2.50. The molecule has 4 amide bonds. The van der Waals surface area contributed by atoms with E-state index in [1.807, 2.05) is 11.0 Å². The number of rotatable bonds is 22. The Morgan fingerprint density at radius 1 is 0.816 bits per heavy atom. The number of hydrogen-bond acceptors (Lipinski definition) is 21. The van der Waals surface area contributed by atoms with E-state index < -0.39 is 65.4 Å². The summed E-state index contributed by atoms with van der Waals surface area (Å²) < 4.78 is 89.5. The second kappa shape index (κ2) is 30.4. The van der Waals surface area contributed by atoms with Crippen LogP contribution in [-0.4, -0.2) is 187 Å². The quantitative estimate of drug-likeness (QED) is 0.0292. The Morgan fingerprint density at radius 3 is 2.16 bits per heavy atom. The summed E-state index contributed by atoms with van der Waals surface area (Å²) in [5, 5.41) is 15.4. The Kier molecular flexibility index (Phi) is 22.1. The molecule has 7 aromatic rings. The number of likely N-dealkylation sites (tertiary alicyclic amines) is 2. The number of carbonyl (C=O) groups excluding carboxylic acids is 5. The molecule has 98 heavy (non-hydrogen) atoms. The van der Waals surface area contributed by atoms with E-state index in [0.717, 1.165) is 63.6 Å². The van der Waals surface area contributed by atoms with E-state index >= 15 is 4.39 Å².